The molecular formula is C17H24N2OS2. The van der Waals surface area contributed by atoms with Crippen molar-refractivity contribution in [3.63, 3.8) is 0 Å². The van der Waals surface area contributed by atoms with E-state index in [1.165, 1.54) is 29.9 Å². The number of piperidine rings is 1. The molecule has 0 saturated carbocycles. The van der Waals surface area contributed by atoms with Gasteiger partial charge in [0.15, 0.2) is 0 Å². The molecule has 2 saturated heterocycles. The van der Waals surface area contributed by atoms with Crippen LogP contribution < -0.4 is 10.6 Å². The molecule has 1 unspecified atom stereocenters. The van der Waals surface area contributed by atoms with Crippen LogP contribution in [0.15, 0.2) is 24.3 Å². The number of hydrogen-bond donors (Lipinski definition) is 2. The molecule has 0 aliphatic carbocycles. The van der Waals surface area contributed by atoms with Crippen LogP contribution in [0.2, 0.25) is 0 Å². The van der Waals surface area contributed by atoms with Gasteiger partial charge in [-0.2, -0.15) is 0 Å². The highest BCUT2D eigenvalue weighted by Gasteiger charge is 2.18. The highest BCUT2D eigenvalue weighted by molar-refractivity contribution is 8.19. The summed E-state index contributed by atoms with van der Waals surface area (Å²) in [6.07, 6.45) is 3.62. The Morgan fingerprint density at radius 1 is 1.23 bits per heavy atom. The van der Waals surface area contributed by atoms with Crippen LogP contribution in [-0.4, -0.2) is 37.0 Å². The minimum atomic E-state index is 0.0575. The van der Waals surface area contributed by atoms with Gasteiger partial charge in [0.05, 0.1) is 4.58 Å². The zero-order valence-electron chi connectivity index (χ0n) is 12.8. The van der Waals surface area contributed by atoms with Crippen molar-refractivity contribution in [3.8, 4) is 0 Å². The Hall–Kier alpha value is -0.650. The molecule has 120 valence electrons. The van der Waals surface area contributed by atoms with E-state index in [9.17, 15) is 4.79 Å². The zero-order valence-corrected chi connectivity index (χ0v) is 14.5. The second kappa shape index (κ2) is 8.27. The van der Waals surface area contributed by atoms with Crippen molar-refractivity contribution in [1.82, 2.24) is 10.6 Å². The number of nitrogens with one attached hydrogen (secondary N) is 2. The molecule has 1 aromatic carbocycles. The van der Waals surface area contributed by atoms with E-state index in [-0.39, 0.29) is 5.91 Å². The van der Waals surface area contributed by atoms with Crippen molar-refractivity contribution in [2.75, 3.05) is 31.1 Å². The topological polar surface area (TPSA) is 41.1 Å². The van der Waals surface area contributed by atoms with Crippen LogP contribution in [0, 0.1) is 5.92 Å². The summed E-state index contributed by atoms with van der Waals surface area (Å²) in [4.78, 5) is 12.2. The lowest BCUT2D eigenvalue weighted by molar-refractivity contribution is 0.0950. The van der Waals surface area contributed by atoms with Gasteiger partial charge in [-0.25, -0.2) is 0 Å². The van der Waals surface area contributed by atoms with Crippen molar-refractivity contribution < 1.29 is 4.79 Å². The first kappa shape index (κ1) is 16.2. The molecule has 2 aliphatic rings. The number of amides is 1. The van der Waals surface area contributed by atoms with Crippen molar-refractivity contribution in [1.29, 1.82) is 0 Å². The number of benzene rings is 1. The summed E-state index contributed by atoms with van der Waals surface area (Å²) < 4.78 is 0.552. The molecule has 3 rings (SSSR count). The molecule has 0 spiro atoms. The fourth-order valence-electron chi connectivity index (χ4n) is 3.00. The van der Waals surface area contributed by atoms with Gasteiger partial charge in [0.2, 0.25) is 0 Å². The molecule has 2 N–H and O–H groups in total. The van der Waals surface area contributed by atoms with E-state index >= 15 is 0 Å². The van der Waals surface area contributed by atoms with Gasteiger partial charge >= 0.3 is 0 Å². The third-order valence-corrected chi connectivity index (χ3v) is 7.41. The minimum Gasteiger partial charge on any atom is -0.352 e. The largest absolute Gasteiger partial charge is 0.352 e. The van der Waals surface area contributed by atoms with Gasteiger partial charge in [0.25, 0.3) is 5.91 Å². The molecule has 22 heavy (non-hydrogen) atoms. The maximum atomic E-state index is 12.2. The Labute approximate surface area is 141 Å². The van der Waals surface area contributed by atoms with Gasteiger partial charge in [0, 0.05) is 23.6 Å². The smallest absolute Gasteiger partial charge is 0.251 e. The lowest BCUT2D eigenvalue weighted by Gasteiger charge is -2.22. The van der Waals surface area contributed by atoms with Crippen molar-refractivity contribution >= 4 is 29.4 Å². The molecule has 3 nitrogen and oxygen atoms in total. The van der Waals surface area contributed by atoms with Crippen LogP contribution >= 0.6 is 23.5 Å². The number of carbonyl (C=O) groups excluding carboxylic acids is 1. The summed E-state index contributed by atoms with van der Waals surface area (Å²) in [5.74, 6) is 3.23. The Bertz CT molecular complexity index is 480. The number of carbonyl (C=O) groups is 1. The van der Waals surface area contributed by atoms with Gasteiger partial charge in [-0.15, -0.1) is 23.5 Å². The van der Waals surface area contributed by atoms with E-state index in [0.29, 0.717) is 10.5 Å². The van der Waals surface area contributed by atoms with Crippen LogP contribution in [0.5, 0.6) is 0 Å². The first-order valence-electron chi connectivity index (χ1n) is 8.15. The molecule has 1 aromatic rings. The average Bonchev–Trinajstić information content (AvgIpc) is 3.10. The fraction of sp³-hybridized carbons (Fsp3) is 0.588. The molecule has 0 radical (unpaired) electrons. The molecule has 2 fully saturated rings. The van der Waals surface area contributed by atoms with E-state index in [0.717, 1.165) is 31.6 Å². The predicted molar refractivity (Wildman–Crippen MR) is 96.6 cm³/mol. The second-order valence-corrected chi connectivity index (χ2v) is 8.68. The number of hydrogen-bond acceptors (Lipinski definition) is 4. The van der Waals surface area contributed by atoms with Gasteiger partial charge < -0.3 is 10.6 Å². The molecule has 0 bridgehead atoms. The molecule has 1 amide bonds. The molecule has 2 heterocycles. The van der Waals surface area contributed by atoms with Gasteiger partial charge in [-0.3, -0.25) is 4.79 Å². The van der Waals surface area contributed by atoms with E-state index in [4.69, 9.17) is 0 Å². The Kier molecular flexibility index (Phi) is 6.10. The lowest BCUT2D eigenvalue weighted by Crippen LogP contribution is -2.33. The average molecular weight is 337 g/mol. The normalized spacial score (nSPS) is 22.6. The summed E-state index contributed by atoms with van der Waals surface area (Å²) in [7, 11) is 0. The molecular weight excluding hydrogens is 312 g/mol. The van der Waals surface area contributed by atoms with Crippen molar-refractivity contribution in [2.45, 2.75) is 23.8 Å². The summed E-state index contributed by atoms with van der Waals surface area (Å²) in [5, 5.41) is 6.48. The molecule has 1 atom stereocenters. The van der Waals surface area contributed by atoms with Crippen LogP contribution in [0.4, 0.5) is 0 Å². The number of rotatable bonds is 5. The van der Waals surface area contributed by atoms with E-state index in [1.807, 2.05) is 35.7 Å². The third kappa shape index (κ3) is 4.43. The number of thioether (sulfide) groups is 2. The molecule has 2 aliphatic heterocycles. The van der Waals surface area contributed by atoms with Crippen LogP contribution in [0.25, 0.3) is 0 Å². The fourth-order valence-corrected chi connectivity index (χ4v) is 5.86. The summed E-state index contributed by atoms with van der Waals surface area (Å²) >= 11 is 3.99. The van der Waals surface area contributed by atoms with Crippen molar-refractivity contribution in [2.24, 2.45) is 5.92 Å². The molecule has 0 aromatic heterocycles. The summed E-state index contributed by atoms with van der Waals surface area (Å²) in [5.41, 5.74) is 2.11. The van der Waals surface area contributed by atoms with Crippen LogP contribution in [-0.2, 0) is 0 Å². The van der Waals surface area contributed by atoms with Crippen LogP contribution in [0.3, 0.4) is 0 Å². The SMILES string of the molecule is O=C(NCCC1CCCNC1)c1ccc(C2SCCS2)cc1. The molecule has 5 heteroatoms. The quantitative estimate of drug-likeness (QED) is 0.866. The minimum absolute atomic E-state index is 0.0575. The zero-order chi connectivity index (χ0) is 15.2. The second-order valence-electron chi connectivity index (χ2n) is 5.95. The van der Waals surface area contributed by atoms with E-state index in [2.05, 4.69) is 22.8 Å². The van der Waals surface area contributed by atoms with Crippen LogP contribution in [0.1, 0.15) is 39.8 Å². The standard InChI is InChI=1S/C17H24N2OS2/c20-16(19-9-7-13-2-1-8-18-12-13)14-3-5-15(6-4-14)17-21-10-11-22-17/h3-6,13,17-18H,1-2,7-12H2,(H,19,20). The Balaban J connectivity index is 1.45. The van der Waals surface area contributed by atoms with Gasteiger partial charge in [0.1, 0.15) is 0 Å². The highest BCUT2D eigenvalue weighted by Crippen LogP contribution is 2.45. The Morgan fingerprint density at radius 3 is 2.68 bits per heavy atom. The summed E-state index contributed by atoms with van der Waals surface area (Å²) in [6, 6.07) is 8.14. The lowest BCUT2D eigenvalue weighted by atomic mass is 9.96. The highest BCUT2D eigenvalue weighted by atomic mass is 32.2. The van der Waals surface area contributed by atoms with E-state index < -0.39 is 0 Å². The maximum absolute atomic E-state index is 12.2. The van der Waals surface area contributed by atoms with Crippen molar-refractivity contribution in [3.05, 3.63) is 35.4 Å². The van der Waals surface area contributed by atoms with Gasteiger partial charge in [-0.1, -0.05) is 12.1 Å². The maximum Gasteiger partial charge on any atom is 0.251 e. The monoisotopic (exact) mass is 336 g/mol. The van der Waals surface area contributed by atoms with E-state index in [1.54, 1.807) is 0 Å². The summed E-state index contributed by atoms with van der Waals surface area (Å²) in [6.45, 7) is 3.02. The predicted octanol–water partition coefficient (Wildman–Crippen LogP) is 3.28. The van der Waals surface area contributed by atoms with Gasteiger partial charge in [-0.05, 0) is 56.0 Å². The first-order chi connectivity index (χ1) is 10.8. The third-order valence-electron chi connectivity index (χ3n) is 4.30. The Morgan fingerprint density at radius 2 is 2.00 bits per heavy atom. The first-order valence-corrected chi connectivity index (χ1v) is 10.2.